The van der Waals surface area contributed by atoms with E-state index >= 15 is 0 Å². The third-order valence-electron chi connectivity index (χ3n) is 4.92. The minimum atomic E-state index is -0.251. The molecule has 1 saturated heterocycles. The lowest BCUT2D eigenvalue weighted by molar-refractivity contribution is -0.132. The Balaban J connectivity index is 1.86. The van der Waals surface area contributed by atoms with Crippen LogP contribution in [0.1, 0.15) is 44.8 Å². The number of nitrogens with zero attached hydrogens (tertiary/aromatic N) is 1. The first-order valence-electron chi connectivity index (χ1n) is 7.86. The molecular formula is C17H23FN2O. The number of hydrogen-bond donors (Lipinski definition) is 1. The molecule has 2 fully saturated rings. The van der Waals surface area contributed by atoms with Crippen molar-refractivity contribution in [1.82, 2.24) is 10.2 Å². The Morgan fingerprint density at radius 2 is 2.10 bits per heavy atom. The fourth-order valence-corrected chi connectivity index (χ4v) is 3.91. The number of carbonyl (C=O) groups is 1. The number of benzene rings is 1. The normalized spacial score (nSPS) is 33.5. The molecular weight excluding hydrogens is 267 g/mol. The fraction of sp³-hybridized carbons (Fsp3) is 0.588. The first-order valence-corrected chi connectivity index (χ1v) is 7.86. The molecule has 21 heavy (non-hydrogen) atoms. The second-order valence-electron chi connectivity index (χ2n) is 6.60. The second-order valence-corrected chi connectivity index (χ2v) is 6.60. The summed E-state index contributed by atoms with van der Waals surface area (Å²) in [6.07, 6.45) is 3.18. The molecule has 3 rings (SSSR count). The number of hydrogen-bond acceptors (Lipinski definition) is 2. The predicted octanol–water partition coefficient (Wildman–Crippen LogP) is 3.08. The van der Waals surface area contributed by atoms with Gasteiger partial charge in [0.25, 0.3) is 0 Å². The molecule has 1 aromatic carbocycles. The van der Waals surface area contributed by atoms with Gasteiger partial charge in [-0.15, -0.1) is 0 Å². The number of rotatable bonds is 2. The fourth-order valence-electron chi connectivity index (χ4n) is 3.91. The maximum atomic E-state index is 13.5. The number of carbonyl (C=O) groups excluding carboxylic acids is 1. The van der Waals surface area contributed by atoms with Gasteiger partial charge in [-0.25, -0.2) is 4.39 Å². The van der Waals surface area contributed by atoms with Gasteiger partial charge in [-0.1, -0.05) is 26.0 Å². The molecule has 4 atom stereocenters. The topological polar surface area (TPSA) is 32.3 Å². The Hall–Kier alpha value is -1.42. The van der Waals surface area contributed by atoms with Crippen LogP contribution >= 0.6 is 0 Å². The van der Waals surface area contributed by atoms with E-state index in [1.54, 1.807) is 6.07 Å². The van der Waals surface area contributed by atoms with Crippen molar-refractivity contribution in [1.29, 1.82) is 0 Å². The summed E-state index contributed by atoms with van der Waals surface area (Å²) in [7, 11) is 0. The molecule has 0 bridgehead atoms. The first-order chi connectivity index (χ1) is 10.1. The maximum absolute atomic E-state index is 13.5. The third-order valence-corrected chi connectivity index (χ3v) is 4.92. The highest BCUT2D eigenvalue weighted by molar-refractivity contribution is 5.81. The highest BCUT2D eigenvalue weighted by Crippen LogP contribution is 2.37. The summed E-state index contributed by atoms with van der Waals surface area (Å²) in [5, 5.41) is 3.24. The summed E-state index contributed by atoms with van der Waals surface area (Å²) in [5.41, 5.74) is 0.840. The SMILES string of the molecule is CC1CCC(N2C(=O)CNC2c2cccc(F)c2)C(C)C1. The van der Waals surface area contributed by atoms with Crippen molar-refractivity contribution in [2.75, 3.05) is 6.54 Å². The van der Waals surface area contributed by atoms with E-state index in [1.165, 1.54) is 12.1 Å². The third kappa shape index (κ3) is 2.82. The van der Waals surface area contributed by atoms with Gasteiger partial charge in [0.2, 0.25) is 5.91 Å². The maximum Gasteiger partial charge on any atom is 0.238 e. The number of nitrogens with one attached hydrogen (secondary N) is 1. The van der Waals surface area contributed by atoms with E-state index in [9.17, 15) is 9.18 Å². The van der Waals surface area contributed by atoms with Crippen molar-refractivity contribution < 1.29 is 9.18 Å². The zero-order valence-electron chi connectivity index (χ0n) is 12.7. The average molecular weight is 290 g/mol. The molecule has 0 aromatic heterocycles. The van der Waals surface area contributed by atoms with Gasteiger partial charge in [-0.2, -0.15) is 0 Å². The van der Waals surface area contributed by atoms with Crippen molar-refractivity contribution in [3.8, 4) is 0 Å². The molecule has 1 aromatic rings. The van der Waals surface area contributed by atoms with Crippen LogP contribution in [-0.4, -0.2) is 23.4 Å². The molecule has 1 aliphatic carbocycles. The van der Waals surface area contributed by atoms with E-state index in [2.05, 4.69) is 19.2 Å². The quantitative estimate of drug-likeness (QED) is 0.908. The highest BCUT2D eigenvalue weighted by Gasteiger charge is 2.40. The van der Waals surface area contributed by atoms with E-state index in [4.69, 9.17) is 0 Å². The van der Waals surface area contributed by atoms with Crippen LogP contribution in [0.2, 0.25) is 0 Å². The molecule has 1 saturated carbocycles. The van der Waals surface area contributed by atoms with E-state index in [1.807, 2.05) is 11.0 Å². The van der Waals surface area contributed by atoms with Gasteiger partial charge in [-0.05, 0) is 48.8 Å². The van der Waals surface area contributed by atoms with Gasteiger partial charge in [0.05, 0.1) is 6.54 Å². The van der Waals surface area contributed by atoms with Crippen molar-refractivity contribution in [3.63, 3.8) is 0 Å². The van der Waals surface area contributed by atoms with E-state index in [0.29, 0.717) is 12.5 Å². The molecule has 4 unspecified atom stereocenters. The van der Waals surface area contributed by atoms with Crippen LogP contribution in [-0.2, 0) is 4.79 Å². The van der Waals surface area contributed by atoms with Crippen molar-refractivity contribution in [2.45, 2.75) is 45.3 Å². The zero-order valence-corrected chi connectivity index (χ0v) is 12.7. The van der Waals surface area contributed by atoms with Gasteiger partial charge >= 0.3 is 0 Å². The van der Waals surface area contributed by atoms with Crippen molar-refractivity contribution in [2.24, 2.45) is 11.8 Å². The van der Waals surface area contributed by atoms with Crippen LogP contribution in [0.5, 0.6) is 0 Å². The minimum Gasteiger partial charge on any atom is -0.319 e. The molecule has 4 heteroatoms. The Labute approximate surface area is 125 Å². The van der Waals surface area contributed by atoms with Gasteiger partial charge in [0.15, 0.2) is 0 Å². The van der Waals surface area contributed by atoms with Crippen molar-refractivity contribution >= 4 is 5.91 Å². The predicted molar refractivity (Wildman–Crippen MR) is 80.0 cm³/mol. The molecule has 0 radical (unpaired) electrons. The summed E-state index contributed by atoms with van der Waals surface area (Å²) in [5.74, 6) is 1.11. The van der Waals surface area contributed by atoms with Crippen LogP contribution < -0.4 is 5.32 Å². The molecule has 1 N–H and O–H groups in total. The average Bonchev–Trinajstić information content (AvgIpc) is 2.81. The largest absolute Gasteiger partial charge is 0.319 e. The Morgan fingerprint density at radius 3 is 2.81 bits per heavy atom. The van der Waals surface area contributed by atoms with Gasteiger partial charge < -0.3 is 4.90 Å². The summed E-state index contributed by atoms with van der Waals surface area (Å²) in [6.45, 7) is 4.86. The Bertz CT molecular complexity index is 533. The summed E-state index contributed by atoms with van der Waals surface area (Å²) >= 11 is 0. The summed E-state index contributed by atoms with van der Waals surface area (Å²) in [6, 6.07) is 6.83. The molecule has 1 heterocycles. The monoisotopic (exact) mass is 290 g/mol. The van der Waals surface area contributed by atoms with Crippen LogP contribution in [0, 0.1) is 17.7 Å². The van der Waals surface area contributed by atoms with Gasteiger partial charge in [0.1, 0.15) is 12.0 Å². The zero-order chi connectivity index (χ0) is 15.0. The van der Waals surface area contributed by atoms with E-state index < -0.39 is 0 Å². The summed E-state index contributed by atoms with van der Waals surface area (Å²) < 4.78 is 13.5. The van der Waals surface area contributed by atoms with Crippen LogP contribution in [0.25, 0.3) is 0 Å². The number of amides is 1. The smallest absolute Gasteiger partial charge is 0.238 e. The van der Waals surface area contributed by atoms with Crippen LogP contribution in [0.4, 0.5) is 4.39 Å². The molecule has 0 spiro atoms. The first kappa shape index (κ1) is 14.5. The van der Waals surface area contributed by atoms with Gasteiger partial charge in [0, 0.05) is 6.04 Å². The Morgan fingerprint density at radius 1 is 1.29 bits per heavy atom. The second kappa shape index (κ2) is 5.76. The lowest BCUT2D eigenvalue weighted by Crippen LogP contribution is -2.45. The molecule has 1 amide bonds. The summed E-state index contributed by atoms with van der Waals surface area (Å²) in [4.78, 5) is 14.3. The number of halogens is 1. The Kier molecular flexibility index (Phi) is 3.98. The van der Waals surface area contributed by atoms with E-state index in [-0.39, 0.29) is 23.9 Å². The molecule has 3 nitrogen and oxygen atoms in total. The standard InChI is InChI=1S/C17H23FN2O/c1-11-6-7-15(12(2)8-11)20-16(21)10-19-17(20)13-4-3-5-14(18)9-13/h3-5,9,11-12,15,17,19H,6-8,10H2,1-2H3. The van der Waals surface area contributed by atoms with Gasteiger partial charge in [-0.3, -0.25) is 10.1 Å². The molecule has 2 aliphatic rings. The van der Waals surface area contributed by atoms with Crippen LogP contribution in [0.3, 0.4) is 0 Å². The van der Waals surface area contributed by atoms with E-state index in [0.717, 1.165) is 30.7 Å². The van der Waals surface area contributed by atoms with Crippen LogP contribution in [0.15, 0.2) is 24.3 Å². The molecule has 1 aliphatic heterocycles. The minimum absolute atomic E-state index is 0.135. The lowest BCUT2D eigenvalue weighted by Gasteiger charge is -2.41. The van der Waals surface area contributed by atoms with Crippen molar-refractivity contribution in [3.05, 3.63) is 35.6 Å². The highest BCUT2D eigenvalue weighted by atomic mass is 19.1. The lowest BCUT2D eigenvalue weighted by atomic mass is 9.79. The molecule has 114 valence electrons.